The summed E-state index contributed by atoms with van der Waals surface area (Å²) in [4.78, 5) is 11.9. The van der Waals surface area contributed by atoms with Crippen molar-refractivity contribution in [1.29, 1.82) is 0 Å². The molecule has 1 saturated heterocycles. The van der Waals surface area contributed by atoms with Crippen LogP contribution in [0.4, 0.5) is 13.2 Å². The van der Waals surface area contributed by atoms with E-state index in [0.717, 1.165) is 31.5 Å². The predicted molar refractivity (Wildman–Crippen MR) is 73.7 cm³/mol. The number of nitrogens with one attached hydrogen (secondary N) is 2. The van der Waals surface area contributed by atoms with Gasteiger partial charge in [0.15, 0.2) is 0 Å². The molecule has 1 amide bonds. The zero-order chi connectivity index (χ0) is 14.6. The Morgan fingerprint density at radius 2 is 1.95 bits per heavy atom. The van der Waals surface area contributed by atoms with Crippen LogP contribution >= 0.6 is 12.4 Å². The topological polar surface area (TPSA) is 50.4 Å². The molecule has 2 rings (SSSR count). The molecule has 4 nitrogen and oxygen atoms in total. The smallest absolute Gasteiger partial charge is 0.406 e. The fourth-order valence-corrected chi connectivity index (χ4v) is 2.05. The molecule has 0 bridgehead atoms. The zero-order valence-corrected chi connectivity index (χ0v) is 11.9. The van der Waals surface area contributed by atoms with E-state index in [4.69, 9.17) is 0 Å². The molecular formula is C13H16ClF3N2O2. The minimum atomic E-state index is -4.72. The molecule has 0 aliphatic carbocycles. The Morgan fingerprint density at radius 1 is 1.29 bits per heavy atom. The van der Waals surface area contributed by atoms with E-state index in [1.165, 1.54) is 12.1 Å². The van der Waals surface area contributed by atoms with Crippen molar-refractivity contribution in [3.05, 3.63) is 29.8 Å². The maximum Gasteiger partial charge on any atom is 0.573 e. The average Bonchev–Trinajstić information content (AvgIpc) is 2.39. The van der Waals surface area contributed by atoms with E-state index in [2.05, 4.69) is 15.4 Å². The van der Waals surface area contributed by atoms with Gasteiger partial charge in [-0.1, -0.05) is 0 Å². The molecule has 0 radical (unpaired) electrons. The summed E-state index contributed by atoms with van der Waals surface area (Å²) in [6, 6.07) is 4.94. The van der Waals surface area contributed by atoms with Gasteiger partial charge in [-0.05, 0) is 43.7 Å². The standard InChI is InChI=1S/C13H15F3N2O2.ClH/c14-13(15,16)20-11-5-3-9(4-6-11)12(19)18-10-2-1-7-17-8-10;/h3-6,10,17H,1-2,7-8H2,(H,18,19);1H. The number of benzene rings is 1. The molecule has 1 unspecified atom stereocenters. The number of carbonyl (C=O) groups is 1. The van der Waals surface area contributed by atoms with Crippen molar-refractivity contribution < 1.29 is 22.7 Å². The lowest BCUT2D eigenvalue weighted by Gasteiger charge is -2.23. The predicted octanol–water partition coefficient (Wildman–Crippen LogP) is 2.49. The van der Waals surface area contributed by atoms with E-state index in [0.29, 0.717) is 12.1 Å². The van der Waals surface area contributed by atoms with Crippen LogP contribution in [-0.2, 0) is 0 Å². The molecule has 1 aliphatic rings. The van der Waals surface area contributed by atoms with Gasteiger partial charge in [-0.25, -0.2) is 0 Å². The highest BCUT2D eigenvalue weighted by Crippen LogP contribution is 2.22. The molecular weight excluding hydrogens is 309 g/mol. The van der Waals surface area contributed by atoms with Crippen molar-refractivity contribution in [2.75, 3.05) is 13.1 Å². The summed E-state index contributed by atoms with van der Waals surface area (Å²) in [6.45, 7) is 1.65. The maximum atomic E-state index is 12.0. The third kappa shape index (κ3) is 5.81. The first kappa shape index (κ1) is 17.6. The van der Waals surface area contributed by atoms with Crippen molar-refractivity contribution in [1.82, 2.24) is 10.6 Å². The molecule has 8 heteroatoms. The van der Waals surface area contributed by atoms with Gasteiger partial charge in [-0.2, -0.15) is 0 Å². The number of carbonyl (C=O) groups excluding carboxylic acids is 1. The second-order valence-electron chi connectivity index (χ2n) is 4.59. The molecule has 118 valence electrons. The number of amides is 1. The van der Waals surface area contributed by atoms with E-state index in [1.54, 1.807) is 0 Å². The van der Waals surface area contributed by atoms with Crippen molar-refractivity contribution >= 4 is 18.3 Å². The van der Waals surface area contributed by atoms with E-state index in [-0.39, 0.29) is 30.1 Å². The molecule has 2 N–H and O–H groups in total. The summed E-state index contributed by atoms with van der Waals surface area (Å²) in [5.74, 6) is -0.634. The van der Waals surface area contributed by atoms with Crippen LogP contribution in [0, 0.1) is 0 Å². The quantitative estimate of drug-likeness (QED) is 0.898. The SMILES string of the molecule is Cl.O=C(NC1CCCNC1)c1ccc(OC(F)(F)F)cc1. The molecule has 1 aromatic rings. The van der Waals surface area contributed by atoms with Crippen molar-refractivity contribution in [2.45, 2.75) is 25.2 Å². The Labute approximate surface area is 126 Å². The molecule has 1 aromatic carbocycles. The lowest BCUT2D eigenvalue weighted by molar-refractivity contribution is -0.274. The maximum absolute atomic E-state index is 12.0. The van der Waals surface area contributed by atoms with Gasteiger partial charge in [0.1, 0.15) is 5.75 Å². The lowest BCUT2D eigenvalue weighted by Crippen LogP contribution is -2.45. The molecule has 21 heavy (non-hydrogen) atoms. The molecule has 1 fully saturated rings. The summed E-state index contributed by atoms with van der Waals surface area (Å²) in [7, 11) is 0. The van der Waals surface area contributed by atoms with Crippen LogP contribution in [0.3, 0.4) is 0 Å². The number of piperidine rings is 1. The third-order valence-electron chi connectivity index (χ3n) is 2.98. The van der Waals surface area contributed by atoms with Crippen LogP contribution in [0.15, 0.2) is 24.3 Å². The molecule has 0 saturated carbocycles. The Morgan fingerprint density at radius 3 is 2.48 bits per heavy atom. The fraction of sp³-hybridized carbons (Fsp3) is 0.462. The van der Waals surface area contributed by atoms with Gasteiger partial charge < -0.3 is 15.4 Å². The van der Waals surface area contributed by atoms with E-state index in [9.17, 15) is 18.0 Å². The normalized spacial score (nSPS) is 18.5. The first-order chi connectivity index (χ1) is 9.44. The van der Waals surface area contributed by atoms with Crippen LogP contribution in [0.25, 0.3) is 0 Å². The minimum absolute atomic E-state index is 0. The Kier molecular flexibility index (Phi) is 6.29. The van der Waals surface area contributed by atoms with Crippen molar-refractivity contribution in [3.8, 4) is 5.75 Å². The van der Waals surface area contributed by atoms with E-state index in [1.807, 2.05) is 0 Å². The first-order valence-electron chi connectivity index (χ1n) is 6.31. The second-order valence-corrected chi connectivity index (χ2v) is 4.59. The lowest BCUT2D eigenvalue weighted by atomic mass is 10.1. The summed E-state index contributed by atoms with van der Waals surface area (Å²) in [5.41, 5.74) is 0.310. The van der Waals surface area contributed by atoms with Crippen LogP contribution in [0.1, 0.15) is 23.2 Å². The second kappa shape index (κ2) is 7.51. The Bertz CT molecular complexity index is 459. The van der Waals surface area contributed by atoms with Gasteiger partial charge in [0.2, 0.25) is 0 Å². The summed E-state index contributed by atoms with van der Waals surface area (Å²) in [5, 5.41) is 6.01. The largest absolute Gasteiger partial charge is 0.573 e. The monoisotopic (exact) mass is 324 g/mol. The van der Waals surface area contributed by atoms with E-state index < -0.39 is 6.36 Å². The highest BCUT2D eigenvalue weighted by Gasteiger charge is 2.31. The van der Waals surface area contributed by atoms with Gasteiger partial charge in [-0.15, -0.1) is 25.6 Å². The number of rotatable bonds is 3. The van der Waals surface area contributed by atoms with Gasteiger partial charge in [-0.3, -0.25) is 4.79 Å². The number of hydrogen-bond donors (Lipinski definition) is 2. The molecule has 1 aliphatic heterocycles. The highest BCUT2D eigenvalue weighted by atomic mass is 35.5. The minimum Gasteiger partial charge on any atom is -0.406 e. The van der Waals surface area contributed by atoms with E-state index >= 15 is 0 Å². The number of hydrogen-bond acceptors (Lipinski definition) is 3. The fourth-order valence-electron chi connectivity index (χ4n) is 2.05. The van der Waals surface area contributed by atoms with Crippen LogP contribution in [-0.4, -0.2) is 31.4 Å². The molecule has 1 atom stereocenters. The van der Waals surface area contributed by atoms with Crippen molar-refractivity contribution in [3.63, 3.8) is 0 Å². The summed E-state index contributed by atoms with van der Waals surface area (Å²) >= 11 is 0. The van der Waals surface area contributed by atoms with Gasteiger partial charge in [0, 0.05) is 18.2 Å². The van der Waals surface area contributed by atoms with Gasteiger partial charge in [0.05, 0.1) is 0 Å². The van der Waals surface area contributed by atoms with Crippen LogP contribution in [0.5, 0.6) is 5.75 Å². The molecule has 1 heterocycles. The summed E-state index contributed by atoms with van der Waals surface area (Å²) in [6.07, 6.45) is -2.84. The highest BCUT2D eigenvalue weighted by molar-refractivity contribution is 5.94. The van der Waals surface area contributed by atoms with Crippen molar-refractivity contribution in [2.24, 2.45) is 0 Å². The Balaban J connectivity index is 0.00000220. The zero-order valence-electron chi connectivity index (χ0n) is 11.1. The molecule has 0 spiro atoms. The third-order valence-corrected chi connectivity index (χ3v) is 2.98. The number of halogens is 4. The van der Waals surface area contributed by atoms with Gasteiger partial charge >= 0.3 is 6.36 Å². The number of ether oxygens (including phenoxy) is 1. The Hall–Kier alpha value is -1.47. The van der Waals surface area contributed by atoms with Gasteiger partial charge in [0.25, 0.3) is 5.91 Å². The molecule has 0 aromatic heterocycles. The average molecular weight is 325 g/mol. The number of alkyl halides is 3. The first-order valence-corrected chi connectivity index (χ1v) is 6.31. The van der Waals surface area contributed by atoms with Crippen LogP contribution in [0.2, 0.25) is 0 Å². The summed E-state index contributed by atoms with van der Waals surface area (Å²) < 4.78 is 39.7. The van der Waals surface area contributed by atoms with Crippen LogP contribution < -0.4 is 15.4 Å².